The Morgan fingerprint density at radius 3 is 2.86 bits per heavy atom. The molecular weight excluding hydrogens is 317 g/mol. The van der Waals surface area contributed by atoms with Crippen molar-refractivity contribution in [2.75, 3.05) is 25.5 Å². The van der Waals surface area contributed by atoms with Gasteiger partial charge in [0.2, 0.25) is 0 Å². The summed E-state index contributed by atoms with van der Waals surface area (Å²) in [5.74, 6) is -0.490. The highest BCUT2D eigenvalue weighted by molar-refractivity contribution is 7.91. The molecule has 1 heterocycles. The second-order valence-corrected chi connectivity index (χ2v) is 7.59. The molecule has 2 atom stereocenters. The lowest BCUT2D eigenvalue weighted by Gasteiger charge is -2.23. The van der Waals surface area contributed by atoms with Crippen LogP contribution in [0.25, 0.3) is 0 Å². The van der Waals surface area contributed by atoms with Crippen molar-refractivity contribution in [2.45, 2.75) is 24.3 Å². The van der Waals surface area contributed by atoms with Crippen LogP contribution in [-0.2, 0) is 14.6 Å². The fourth-order valence-corrected chi connectivity index (χ4v) is 4.37. The van der Waals surface area contributed by atoms with Gasteiger partial charge in [-0.15, -0.1) is 0 Å². The van der Waals surface area contributed by atoms with Gasteiger partial charge in [-0.25, -0.2) is 12.8 Å². The largest absolute Gasteiger partial charge is 0.381 e. The molecule has 1 aromatic carbocycles. The lowest BCUT2D eigenvalue weighted by molar-refractivity contribution is 0.179. The molecule has 2 rings (SSSR count). The minimum Gasteiger partial charge on any atom is -0.381 e. The van der Waals surface area contributed by atoms with Crippen LogP contribution in [-0.4, -0.2) is 40.0 Å². The molecule has 21 heavy (non-hydrogen) atoms. The highest BCUT2D eigenvalue weighted by Gasteiger charge is 2.30. The molecule has 1 aliphatic rings. The monoisotopic (exact) mass is 335 g/mol. The predicted octanol–water partition coefficient (Wildman–Crippen LogP) is 2.27. The standard InChI is InChI=1S/C14H19ClFNO3S/c1-2-17-14(10-5-6-20-8-10)9-21(18,19)11-3-4-13(16)12(15)7-11/h3-4,7,10,14,17H,2,5-6,8-9H2,1H3. The zero-order valence-electron chi connectivity index (χ0n) is 11.8. The van der Waals surface area contributed by atoms with E-state index >= 15 is 0 Å². The molecule has 0 saturated carbocycles. The third kappa shape index (κ3) is 4.16. The van der Waals surface area contributed by atoms with Crippen LogP contribution in [0.5, 0.6) is 0 Å². The van der Waals surface area contributed by atoms with Crippen molar-refractivity contribution >= 4 is 21.4 Å². The van der Waals surface area contributed by atoms with Gasteiger partial charge < -0.3 is 10.1 Å². The van der Waals surface area contributed by atoms with Gasteiger partial charge in [-0.1, -0.05) is 18.5 Å². The van der Waals surface area contributed by atoms with Crippen LogP contribution < -0.4 is 5.32 Å². The number of hydrogen-bond acceptors (Lipinski definition) is 4. The summed E-state index contributed by atoms with van der Waals surface area (Å²) in [4.78, 5) is 0.0516. The Morgan fingerprint density at radius 2 is 2.29 bits per heavy atom. The summed E-state index contributed by atoms with van der Waals surface area (Å²) in [6.07, 6.45) is 0.845. The predicted molar refractivity (Wildman–Crippen MR) is 79.9 cm³/mol. The van der Waals surface area contributed by atoms with E-state index in [0.717, 1.165) is 12.5 Å². The molecule has 0 aromatic heterocycles. The van der Waals surface area contributed by atoms with Gasteiger partial charge in [0.05, 0.1) is 22.3 Å². The van der Waals surface area contributed by atoms with Crippen molar-refractivity contribution in [3.63, 3.8) is 0 Å². The number of benzene rings is 1. The van der Waals surface area contributed by atoms with E-state index in [1.807, 2.05) is 6.92 Å². The van der Waals surface area contributed by atoms with Crippen LogP contribution in [0.15, 0.2) is 23.1 Å². The van der Waals surface area contributed by atoms with Gasteiger partial charge in [-0.3, -0.25) is 0 Å². The van der Waals surface area contributed by atoms with E-state index < -0.39 is 15.7 Å². The van der Waals surface area contributed by atoms with Gasteiger partial charge in [0.15, 0.2) is 9.84 Å². The van der Waals surface area contributed by atoms with Gasteiger partial charge in [0.1, 0.15) is 5.82 Å². The first kappa shape index (κ1) is 16.7. The Morgan fingerprint density at radius 1 is 1.52 bits per heavy atom. The molecule has 0 amide bonds. The maximum Gasteiger partial charge on any atom is 0.179 e. The normalized spacial score (nSPS) is 20.6. The summed E-state index contributed by atoms with van der Waals surface area (Å²) in [6, 6.07) is 3.33. The number of hydrogen-bond donors (Lipinski definition) is 1. The van der Waals surface area contributed by atoms with Crippen LogP contribution in [0, 0.1) is 11.7 Å². The molecule has 118 valence electrons. The van der Waals surface area contributed by atoms with E-state index in [0.29, 0.717) is 19.8 Å². The quantitative estimate of drug-likeness (QED) is 0.810. The summed E-state index contributed by atoms with van der Waals surface area (Å²) in [5, 5.41) is 3.03. The molecule has 0 radical (unpaired) electrons. The first-order chi connectivity index (χ1) is 9.94. The number of rotatable bonds is 6. The van der Waals surface area contributed by atoms with Crippen molar-refractivity contribution in [3.8, 4) is 0 Å². The summed E-state index contributed by atoms with van der Waals surface area (Å²) in [6.45, 7) is 3.84. The Labute approximate surface area is 129 Å². The van der Waals surface area contributed by atoms with Crippen molar-refractivity contribution in [3.05, 3.63) is 29.0 Å². The van der Waals surface area contributed by atoms with E-state index in [1.54, 1.807) is 0 Å². The second kappa shape index (κ2) is 7.05. The molecule has 0 aliphatic carbocycles. The van der Waals surface area contributed by atoms with Gasteiger partial charge in [0.25, 0.3) is 0 Å². The number of halogens is 2. The second-order valence-electron chi connectivity index (χ2n) is 5.15. The van der Waals surface area contributed by atoms with E-state index in [9.17, 15) is 12.8 Å². The van der Waals surface area contributed by atoms with Crippen LogP contribution in [0.3, 0.4) is 0 Å². The molecule has 1 N–H and O–H groups in total. The molecule has 1 aliphatic heterocycles. The third-order valence-electron chi connectivity index (χ3n) is 3.65. The van der Waals surface area contributed by atoms with Crippen molar-refractivity contribution in [2.24, 2.45) is 5.92 Å². The average Bonchev–Trinajstić information content (AvgIpc) is 2.95. The summed E-state index contributed by atoms with van der Waals surface area (Å²) in [7, 11) is -3.53. The highest BCUT2D eigenvalue weighted by Crippen LogP contribution is 2.24. The molecule has 2 unspecified atom stereocenters. The lowest BCUT2D eigenvalue weighted by atomic mass is 10.0. The smallest absolute Gasteiger partial charge is 0.179 e. The van der Waals surface area contributed by atoms with E-state index in [4.69, 9.17) is 16.3 Å². The topological polar surface area (TPSA) is 55.4 Å². The minimum absolute atomic E-state index is 0.0448. The van der Waals surface area contributed by atoms with Crippen LogP contribution in [0.4, 0.5) is 4.39 Å². The summed E-state index contributed by atoms with van der Waals surface area (Å²) < 4.78 is 43.4. The average molecular weight is 336 g/mol. The van der Waals surface area contributed by atoms with Gasteiger partial charge in [0, 0.05) is 18.6 Å². The molecule has 7 heteroatoms. The van der Waals surface area contributed by atoms with Crippen LogP contribution >= 0.6 is 11.6 Å². The minimum atomic E-state index is -3.53. The van der Waals surface area contributed by atoms with Crippen molar-refractivity contribution in [1.82, 2.24) is 5.32 Å². The molecule has 1 aromatic rings. The maximum absolute atomic E-state index is 13.2. The Balaban J connectivity index is 2.18. The van der Waals surface area contributed by atoms with Gasteiger partial charge in [-0.05, 0) is 31.2 Å². The van der Waals surface area contributed by atoms with Crippen LogP contribution in [0.2, 0.25) is 5.02 Å². The Kier molecular flexibility index (Phi) is 5.60. The number of ether oxygens (including phenoxy) is 1. The number of nitrogens with one attached hydrogen (secondary N) is 1. The molecule has 0 bridgehead atoms. The van der Waals surface area contributed by atoms with Gasteiger partial charge >= 0.3 is 0 Å². The van der Waals surface area contributed by atoms with Crippen LogP contribution in [0.1, 0.15) is 13.3 Å². The SMILES string of the molecule is CCNC(CS(=O)(=O)c1ccc(F)c(Cl)c1)C1CCOC1. The first-order valence-corrected chi connectivity index (χ1v) is 8.96. The molecule has 0 spiro atoms. The molecule has 1 fully saturated rings. The lowest BCUT2D eigenvalue weighted by Crippen LogP contribution is -2.42. The zero-order chi connectivity index (χ0) is 15.5. The Bertz CT molecular complexity index is 588. The third-order valence-corrected chi connectivity index (χ3v) is 5.71. The Hall–Kier alpha value is -0.690. The fraction of sp³-hybridized carbons (Fsp3) is 0.571. The molecule has 1 saturated heterocycles. The molecular formula is C14H19ClFNO3S. The van der Waals surface area contributed by atoms with Gasteiger partial charge in [-0.2, -0.15) is 0 Å². The van der Waals surface area contributed by atoms with Crippen molar-refractivity contribution < 1.29 is 17.5 Å². The maximum atomic E-state index is 13.2. The van der Waals surface area contributed by atoms with E-state index in [2.05, 4.69) is 5.32 Å². The number of sulfone groups is 1. The molecule has 4 nitrogen and oxygen atoms in total. The van der Waals surface area contributed by atoms with E-state index in [-0.39, 0.29) is 27.6 Å². The first-order valence-electron chi connectivity index (χ1n) is 6.93. The zero-order valence-corrected chi connectivity index (χ0v) is 13.4. The van der Waals surface area contributed by atoms with Crippen molar-refractivity contribution in [1.29, 1.82) is 0 Å². The highest BCUT2D eigenvalue weighted by atomic mass is 35.5. The summed E-state index contributed by atoms with van der Waals surface area (Å²) in [5.41, 5.74) is 0. The summed E-state index contributed by atoms with van der Waals surface area (Å²) >= 11 is 5.67. The van der Waals surface area contributed by atoms with E-state index in [1.165, 1.54) is 12.1 Å². The fourth-order valence-electron chi connectivity index (χ4n) is 2.50.